The highest BCUT2D eigenvalue weighted by Crippen LogP contribution is 2.37. The number of carbonyl (C=O) groups is 2. The van der Waals surface area contributed by atoms with E-state index in [0.29, 0.717) is 31.6 Å². The molecule has 0 bridgehead atoms. The number of piperazine rings is 1. The highest BCUT2D eigenvalue weighted by molar-refractivity contribution is 5.95. The maximum atomic E-state index is 13.6. The molecule has 0 aliphatic carbocycles. The summed E-state index contributed by atoms with van der Waals surface area (Å²) < 4.78 is 80.9. The average molecular weight is 567 g/mol. The van der Waals surface area contributed by atoms with Crippen molar-refractivity contribution in [3.05, 3.63) is 70.9 Å². The van der Waals surface area contributed by atoms with Gasteiger partial charge in [0.15, 0.2) is 0 Å². The number of hydrogen-bond acceptors (Lipinski definition) is 3. The molecule has 0 spiro atoms. The summed E-state index contributed by atoms with van der Waals surface area (Å²) in [5.74, 6) is -0.942. The van der Waals surface area contributed by atoms with E-state index in [-0.39, 0.29) is 38.2 Å². The topological polar surface area (TPSA) is 59.7 Å². The number of hydrogen-bond donors (Lipinski definition) is 1. The van der Waals surface area contributed by atoms with Gasteiger partial charge in [-0.2, -0.15) is 26.3 Å². The Hall–Kier alpha value is -3.54. The fourth-order valence-corrected chi connectivity index (χ4v) is 5.56. The van der Waals surface area contributed by atoms with Crippen LogP contribution in [-0.2, 0) is 23.6 Å². The summed E-state index contributed by atoms with van der Waals surface area (Å²) in [5, 5.41) is 0.901. The summed E-state index contributed by atoms with van der Waals surface area (Å²) in [6.45, 7) is 2.07. The van der Waals surface area contributed by atoms with Crippen LogP contribution in [0.15, 0.2) is 48.7 Å². The molecular formula is C28H28F6N4O2. The number of alkyl halides is 6. The number of nitrogens with zero attached hydrogens (tertiary/aromatic N) is 3. The molecule has 1 aromatic heterocycles. The van der Waals surface area contributed by atoms with Gasteiger partial charge in [-0.3, -0.25) is 14.5 Å². The summed E-state index contributed by atoms with van der Waals surface area (Å²) in [6.07, 6.45) is -6.16. The molecule has 3 aromatic rings. The molecule has 2 aliphatic rings. The van der Waals surface area contributed by atoms with Crippen LogP contribution in [0.4, 0.5) is 26.3 Å². The predicted molar refractivity (Wildman–Crippen MR) is 136 cm³/mol. The maximum absolute atomic E-state index is 13.6. The Morgan fingerprint density at radius 3 is 2.17 bits per heavy atom. The Morgan fingerprint density at radius 1 is 0.875 bits per heavy atom. The second-order valence-corrected chi connectivity index (χ2v) is 10.3. The van der Waals surface area contributed by atoms with E-state index in [0.717, 1.165) is 29.3 Å². The predicted octanol–water partition coefficient (Wildman–Crippen LogP) is 5.20. The van der Waals surface area contributed by atoms with Crippen LogP contribution in [0.5, 0.6) is 0 Å². The zero-order chi connectivity index (χ0) is 28.7. The van der Waals surface area contributed by atoms with Crippen molar-refractivity contribution in [1.82, 2.24) is 19.7 Å². The highest BCUT2D eigenvalue weighted by Gasteiger charge is 2.39. The molecule has 12 heteroatoms. The van der Waals surface area contributed by atoms with Crippen molar-refractivity contribution >= 4 is 22.7 Å². The minimum absolute atomic E-state index is 0.0160. The number of carbonyl (C=O) groups excluding carboxylic acids is 2. The third-order valence-electron chi connectivity index (χ3n) is 7.61. The van der Waals surface area contributed by atoms with Gasteiger partial charge in [-0.05, 0) is 49.1 Å². The number of rotatable bonds is 5. The van der Waals surface area contributed by atoms with E-state index < -0.39 is 41.0 Å². The molecule has 1 N–H and O–H groups in total. The van der Waals surface area contributed by atoms with Crippen LogP contribution in [0, 0.1) is 0 Å². The number of benzene rings is 2. The fourth-order valence-electron chi connectivity index (χ4n) is 5.56. The number of H-pyrrole nitrogens is 1. The van der Waals surface area contributed by atoms with Crippen LogP contribution >= 0.6 is 0 Å². The third-order valence-corrected chi connectivity index (χ3v) is 7.61. The molecule has 2 saturated heterocycles. The van der Waals surface area contributed by atoms with Crippen molar-refractivity contribution in [2.75, 3.05) is 39.3 Å². The molecule has 6 nitrogen and oxygen atoms in total. The van der Waals surface area contributed by atoms with Crippen molar-refractivity contribution < 1.29 is 35.9 Å². The first kappa shape index (κ1) is 28.0. The number of aromatic amines is 1. The lowest BCUT2D eigenvalue weighted by Crippen LogP contribution is -2.57. The number of amides is 2. The van der Waals surface area contributed by atoms with Crippen molar-refractivity contribution in [2.24, 2.45) is 0 Å². The smallest absolute Gasteiger partial charge is 0.361 e. The Labute approximate surface area is 226 Å². The molecule has 2 amide bonds. The highest BCUT2D eigenvalue weighted by atomic mass is 19.4. The SMILES string of the molecule is O=C(CN1CCN(C(=O)c2cc(C(F)(F)F)cc(C(F)(F)F)c2)C(Cc2c[nH]c3ccccc23)C1)N1CCCC1. The fraction of sp³-hybridized carbons (Fsp3) is 0.429. The van der Waals surface area contributed by atoms with E-state index in [9.17, 15) is 35.9 Å². The second-order valence-electron chi connectivity index (χ2n) is 10.3. The zero-order valence-electron chi connectivity index (χ0n) is 21.5. The van der Waals surface area contributed by atoms with Crippen LogP contribution in [-0.4, -0.2) is 76.8 Å². The number of nitrogens with one attached hydrogen (secondary N) is 1. The zero-order valence-corrected chi connectivity index (χ0v) is 21.5. The summed E-state index contributed by atoms with van der Waals surface area (Å²) in [5.41, 5.74) is -2.03. The van der Waals surface area contributed by atoms with Gasteiger partial charge in [0, 0.05) is 61.4 Å². The van der Waals surface area contributed by atoms with E-state index in [2.05, 4.69) is 4.98 Å². The molecule has 2 fully saturated rings. The number of halogens is 6. The second kappa shape index (κ2) is 10.8. The van der Waals surface area contributed by atoms with Gasteiger partial charge >= 0.3 is 12.4 Å². The molecule has 0 saturated carbocycles. The van der Waals surface area contributed by atoms with Gasteiger partial charge in [0.25, 0.3) is 5.91 Å². The van der Waals surface area contributed by atoms with Crippen molar-refractivity contribution in [3.8, 4) is 0 Å². The van der Waals surface area contributed by atoms with Crippen LogP contribution in [0.25, 0.3) is 10.9 Å². The number of aromatic nitrogens is 1. The third kappa shape index (κ3) is 5.96. The summed E-state index contributed by atoms with van der Waals surface area (Å²) in [4.78, 5) is 34.6. The van der Waals surface area contributed by atoms with Crippen LogP contribution in [0.3, 0.4) is 0 Å². The molecule has 214 valence electrons. The lowest BCUT2D eigenvalue weighted by atomic mass is 9.98. The first-order valence-electron chi connectivity index (χ1n) is 13.1. The van der Waals surface area contributed by atoms with Gasteiger partial charge in [-0.25, -0.2) is 0 Å². The molecule has 2 aromatic carbocycles. The lowest BCUT2D eigenvalue weighted by molar-refractivity contribution is -0.143. The molecule has 1 atom stereocenters. The summed E-state index contributed by atoms with van der Waals surface area (Å²) in [6, 6.07) is 7.87. The number of para-hydroxylation sites is 1. The van der Waals surface area contributed by atoms with E-state index in [1.807, 2.05) is 29.2 Å². The monoisotopic (exact) mass is 566 g/mol. The van der Waals surface area contributed by atoms with E-state index in [1.54, 1.807) is 11.1 Å². The molecule has 2 aliphatic heterocycles. The van der Waals surface area contributed by atoms with E-state index in [1.165, 1.54) is 4.90 Å². The molecule has 5 rings (SSSR count). The largest absolute Gasteiger partial charge is 0.416 e. The van der Waals surface area contributed by atoms with Crippen molar-refractivity contribution in [3.63, 3.8) is 0 Å². The van der Waals surface area contributed by atoms with Gasteiger partial charge in [0.2, 0.25) is 5.91 Å². The van der Waals surface area contributed by atoms with Gasteiger partial charge < -0.3 is 14.8 Å². The lowest BCUT2D eigenvalue weighted by Gasteiger charge is -2.42. The average Bonchev–Trinajstić information content (AvgIpc) is 3.58. The van der Waals surface area contributed by atoms with Crippen LogP contribution < -0.4 is 0 Å². The molecule has 40 heavy (non-hydrogen) atoms. The molecule has 0 radical (unpaired) electrons. The summed E-state index contributed by atoms with van der Waals surface area (Å²) >= 11 is 0. The van der Waals surface area contributed by atoms with Gasteiger partial charge in [-0.1, -0.05) is 18.2 Å². The number of likely N-dealkylation sites (tertiary alicyclic amines) is 1. The minimum Gasteiger partial charge on any atom is -0.361 e. The molecule has 3 heterocycles. The Kier molecular flexibility index (Phi) is 7.56. The van der Waals surface area contributed by atoms with E-state index in [4.69, 9.17) is 0 Å². The first-order valence-corrected chi connectivity index (χ1v) is 13.1. The van der Waals surface area contributed by atoms with Gasteiger partial charge in [0.05, 0.1) is 17.7 Å². The van der Waals surface area contributed by atoms with Crippen LogP contribution in [0.1, 0.15) is 39.9 Å². The van der Waals surface area contributed by atoms with Crippen molar-refractivity contribution in [2.45, 2.75) is 37.7 Å². The Morgan fingerprint density at radius 2 is 1.52 bits per heavy atom. The quantitative estimate of drug-likeness (QED) is 0.433. The maximum Gasteiger partial charge on any atom is 0.416 e. The van der Waals surface area contributed by atoms with E-state index >= 15 is 0 Å². The normalized spacial score (nSPS) is 19.0. The summed E-state index contributed by atoms with van der Waals surface area (Å²) in [7, 11) is 0. The minimum atomic E-state index is -5.06. The number of fused-ring (bicyclic) bond motifs is 1. The molecular weight excluding hydrogens is 538 g/mol. The van der Waals surface area contributed by atoms with Gasteiger partial charge in [-0.15, -0.1) is 0 Å². The first-order chi connectivity index (χ1) is 18.9. The Balaban J connectivity index is 1.45. The Bertz CT molecular complexity index is 1360. The standard InChI is InChI=1S/C28H28F6N4O2/c29-27(30,31)20-11-18(12-21(14-20)28(32,33)34)26(40)38-10-9-36(17-25(39)37-7-3-4-8-37)16-22(38)13-19-15-35-24-6-2-1-5-23(19)24/h1-2,5-6,11-12,14-15,22,35H,3-4,7-10,13,16-17H2. The van der Waals surface area contributed by atoms with Crippen LogP contribution in [0.2, 0.25) is 0 Å². The molecule has 1 unspecified atom stereocenters. The van der Waals surface area contributed by atoms with Crippen molar-refractivity contribution in [1.29, 1.82) is 0 Å². The van der Waals surface area contributed by atoms with Gasteiger partial charge in [0.1, 0.15) is 0 Å².